The van der Waals surface area contributed by atoms with E-state index in [4.69, 9.17) is 0 Å². The third kappa shape index (κ3) is 5.16. The second-order valence-electron chi connectivity index (χ2n) is 9.12. The fraction of sp³-hybridized carbons (Fsp3) is 0.500. The van der Waals surface area contributed by atoms with E-state index in [0.717, 1.165) is 22.4 Å². The molecule has 0 fully saturated rings. The molecule has 0 aliphatic heterocycles. The first-order valence-electron chi connectivity index (χ1n) is 9.09. The summed E-state index contributed by atoms with van der Waals surface area (Å²) in [5, 5.41) is 0. The molecule has 0 bridgehead atoms. The van der Waals surface area contributed by atoms with Gasteiger partial charge in [-0.15, -0.1) is 0 Å². The van der Waals surface area contributed by atoms with Crippen LogP contribution in [-0.2, 0) is 27.1 Å². The highest BCUT2D eigenvalue weighted by Crippen LogP contribution is 2.32. The van der Waals surface area contributed by atoms with Crippen LogP contribution in [0.25, 0.3) is 0 Å². The van der Waals surface area contributed by atoms with Crippen molar-refractivity contribution in [3.05, 3.63) is 58.9 Å². The highest BCUT2D eigenvalue weighted by Gasteiger charge is 2.24. The predicted octanol–water partition coefficient (Wildman–Crippen LogP) is 5.00. The van der Waals surface area contributed by atoms with E-state index in [9.17, 15) is 8.42 Å². The van der Waals surface area contributed by atoms with Crippen LogP contribution in [0.3, 0.4) is 0 Å². The van der Waals surface area contributed by atoms with Gasteiger partial charge in [0.05, 0.1) is 10.6 Å². The van der Waals surface area contributed by atoms with E-state index in [-0.39, 0.29) is 16.6 Å². The molecule has 0 radical (unpaired) electrons. The molecule has 2 aromatic rings. The maximum Gasteiger partial charge on any atom is 0.178 e. The molecule has 0 N–H and O–H groups in total. The minimum Gasteiger partial charge on any atom is -0.261 e. The largest absolute Gasteiger partial charge is 0.261 e. The Morgan fingerprint density at radius 1 is 0.885 bits per heavy atom. The zero-order valence-electron chi connectivity index (χ0n) is 17.1. The van der Waals surface area contributed by atoms with Gasteiger partial charge < -0.3 is 0 Å². The van der Waals surface area contributed by atoms with Gasteiger partial charge in [-0.1, -0.05) is 53.7 Å². The van der Waals surface area contributed by atoms with Crippen molar-refractivity contribution in [3.8, 4) is 0 Å². The zero-order chi connectivity index (χ0) is 19.8. The van der Waals surface area contributed by atoms with Crippen LogP contribution in [-0.4, -0.2) is 19.2 Å². The third-order valence-corrected chi connectivity index (χ3v) is 6.33. The molecule has 0 amide bonds. The summed E-state index contributed by atoms with van der Waals surface area (Å²) in [4.78, 5) is 4.68. The van der Waals surface area contributed by atoms with Gasteiger partial charge in [-0.25, -0.2) is 8.42 Å². The molecular formula is C22H31NO2S. The summed E-state index contributed by atoms with van der Waals surface area (Å²) in [6.45, 7) is 14.6. The Hall–Kier alpha value is -1.68. The predicted molar refractivity (Wildman–Crippen MR) is 109 cm³/mol. The number of rotatable bonds is 4. The van der Waals surface area contributed by atoms with Crippen LogP contribution >= 0.6 is 0 Å². The summed E-state index contributed by atoms with van der Waals surface area (Å²) in [5.41, 5.74) is 3.78. The van der Waals surface area contributed by atoms with Gasteiger partial charge in [-0.05, 0) is 59.1 Å². The van der Waals surface area contributed by atoms with Crippen molar-refractivity contribution in [1.29, 1.82) is 0 Å². The van der Waals surface area contributed by atoms with Crippen LogP contribution in [0.4, 0.5) is 0 Å². The van der Waals surface area contributed by atoms with Gasteiger partial charge in [-0.2, -0.15) is 0 Å². The van der Waals surface area contributed by atoms with Crippen molar-refractivity contribution in [2.75, 3.05) is 5.75 Å². The van der Waals surface area contributed by atoms with Crippen LogP contribution in [0.5, 0.6) is 0 Å². The average molecular weight is 374 g/mol. The molecule has 0 aliphatic carbocycles. The number of aromatic nitrogens is 1. The van der Waals surface area contributed by atoms with E-state index in [1.165, 1.54) is 0 Å². The normalized spacial score (nSPS) is 13.0. The fourth-order valence-electron chi connectivity index (χ4n) is 2.66. The molecule has 26 heavy (non-hydrogen) atoms. The highest BCUT2D eigenvalue weighted by atomic mass is 32.2. The lowest BCUT2D eigenvalue weighted by Gasteiger charge is -2.26. The summed E-state index contributed by atoms with van der Waals surface area (Å²) >= 11 is 0. The Labute approximate surface area is 158 Å². The lowest BCUT2D eigenvalue weighted by molar-refractivity contribution is 0.562. The number of benzene rings is 1. The number of pyridine rings is 1. The second kappa shape index (κ2) is 7.15. The third-order valence-electron chi connectivity index (χ3n) is 4.63. The van der Waals surface area contributed by atoms with E-state index < -0.39 is 9.84 Å². The molecule has 1 heterocycles. The average Bonchev–Trinajstić information content (AvgIpc) is 2.52. The maximum atomic E-state index is 13.0. The smallest absolute Gasteiger partial charge is 0.178 e. The molecule has 3 nitrogen and oxygen atoms in total. The Balaban J connectivity index is 2.39. The van der Waals surface area contributed by atoms with Crippen molar-refractivity contribution in [3.63, 3.8) is 0 Å². The SMILES string of the molecule is Cc1ccc(CCS(=O)(=O)c2cc(C(C)(C)C)cc(C(C)(C)C)c2)cn1. The topological polar surface area (TPSA) is 47.0 Å². The Morgan fingerprint density at radius 2 is 1.42 bits per heavy atom. The molecule has 1 aromatic carbocycles. The van der Waals surface area contributed by atoms with Crippen LogP contribution in [0.2, 0.25) is 0 Å². The van der Waals surface area contributed by atoms with E-state index in [2.05, 4.69) is 52.6 Å². The van der Waals surface area contributed by atoms with Crippen molar-refractivity contribution in [1.82, 2.24) is 4.98 Å². The minimum atomic E-state index is -3.36. The maximum absolute atomic E-state index is 13.0. The summed E-state index contributed by atoms with van der Waals surface area (Å²) in [7, 11) is -3.36. The highest BCUT2D eigenvalue weighted by molar-refractivity contribution is 7.91. The molecule has 4 heteroatoms. The van der Waals surface area contributed by atoms with E-state index in [1.807, 2.05) is 31.2 Å². The number of sulfone groups is 1. The van der Waals surface area contributed by atoms with Gasteiger partial charge in [0.1, 0.15) is 0 Å². The Morgan fingerprint density at radius 3 is 1.85 bits per heavy atom. The molecule has 0 unspecified atom stereocenters. The first-order valence-corrected chi connectivity index (χ1v) is 10.7. The van der Waals surface area contributed by atoms with Gasteiger partial charge in [-0.3, -0.25) is 4.98 Å². The molecule has 2 rings (SSSR count). The van der Waals surface area contributed by atoms with E-state index in [0.29, 0.717) is 11.3 Å². The summed E-state index contributed by atoms with van der Waals surface area (Å²) in [5.74, 6) is 0.0922. The number of aryl methyl sites for hydroxylation is 2. The molecule has 0 saturated heterocycles. The van der Waals surface area contributed by atoms with Gasteiger partial charge in [0.2, 0.25) is 0 Å². The first kappa shape index (κ1) is 20.6. The van der Waals surface area contributed by atoms with E-state index >= 15 is 0 Å². The van der Waals surface area contributed by atoms with E-state index in [1.54, 1.807) is 6.20 Å². The minimum absolute atomic E-state index is 0.0922. The van der Waals surface area contributed by atoms with Crippen LogP contribution in [0.1, 0.15) is 63.9 Å². The van der Waals surface area contributed by atoms with Crippen molar-refractivity contribution < 1.29 is 8.42 Å². The standard InChI is InChI=1S/C22H31NO2S/c1-16-8-9-17(15-23-16)10-11-26(24,25)20-13-18(21(2,3)4)12-19(14-20)22(5,6)7/h8-9,12-15H,10-11H2,1-7H3. The number of hydrogen-bond acceptors (Lipinski definition) is 3. The molecule has 0 aliphatic rings. The van der Waals surface area contributed by atoms with Gasteiger partial charge in [0.25, 0.3) is 0 Å². The van der Waals surface area contributed by atoms with Crippen molar-refractivity contribution in [2.24, 2.45) is 0 Å². The van der Waals surface area contributed by atoms with Crippen LogP contribution < -0.4 is 0 Å². The summed E-state index contributed by atoms with van der Waals surface area (Å²) in [6.07, 6.45) is 2.23. The molecule has 1 aromatic heterocycles. The molecular weight excluding hydrogens is 342 g/mol. The molecule has 0 spiro atoms. The lowest BCUT2D eigenvalue weighted by atomic mass is 9.81. The van der Waals surface area contributed by atoms with Crippen LogP contribution in [0.15, 0.2) is 41.4 Å². The second-order valence-corrected chi connectivity index (χ2v) is 11.2. The van der Waals surface area contributed by atoms with Crippen LogP contribution in [0, 0.1) is 6.92 Å². The molecule has 142 valence electrons. The fourth-order valence-corrected chi connectivity index (χ4v) is 4.01. The summed E-state index contributed by atoms with van der Waals surface area (Å²) < 4.78 is 26.0. The number of hydrogen-bond donors (Lipinski definition) is 0. The Bertz CT molecular complexity index is 836. The molecule has 0 atom stereocenters. The Kier molecular flexibility index (Phi) is 5.67. The number of nitrogens with zero attached hydrogens (tertiary/aromatic N) is 1. The van der Waals surface area contributed by atoms with Crippen molar-refractivity contribution >= 4 is 9.84 Å². The summed E-state index contributed by atoms with van der Waals surface area (Å²) in [6, 6.07) is 9.70. The lowest BCUT2D eigenvalue weighted by Crippen LogP contribution is -2.19. The van der Waals surface area contributed by atoms with Gasteiger partial charge >= 0.3 is 0 Å². The van der Waals surface area contributed by atoms with Gasteiger partial charge in [0, 0.05) is 11.9 Å². The first-order chi connectivity index (χ1) is 11.8. The van der Waals surface area contributed by atoms with Gasteiger partial charge in [0.15, 0.2) is 9.84 Å². The molecule has 0 saturated carbocycles. The van der Waals surface area contributed by atoms with Crippen molar-refractivity contribution in [2.45, 2.75) is 70.6 Å². The quantitative estimate of drug-likeness (QED) is 0.757. The zero-order valence-corrected chi connectivity index (χ0v) is 17.9. The monoisotopic (exact) mass is 373 g/mol.